The molecule has 1 rings (SSSR count). The van der Waals surface area contributed by atoms with Crippen LogP contribution in [0.5, 0.6) is 5.75 Å². The molecule has 1 aromatic rings. The van der Waals surface area contributed by atoms with Crippen LogP contribution < -0.4 is 15.5 Å². The molecule has 18 heavy (non-hydrogen) atoms. The summed E-state index contributed by atoms with van der Waals surface area (Å²) in [5.74, 6) is -1.07. The maximum Gasteiger partial charge on any atom is 0.329 e. The number of nitrogens with zero attached hydrogens (tertiary/aromatic N) is 1. The monoisotopic (exact) mass is 269 g/mol. The third-order valence-electron chi connectivity index (χ3n) is 1.99. The molecule has 0 bridgehead atoms. The number of carbonyl (C=O) groups is 2. The lowest BCUT2D eigenvalue weighted by molar-refractivity contribution is -0.138. The summed E-state index contributed by atoms with van der Waals surface area (Å²) in [5.41, 5.74) is 2.66. The topological polar surface area (TPSA) is 79.8 Å². The Bertz CT molecular complexity index is 488. The van der Waals surface area contributed by atoms with Crippen molar-refractivity contribution >= 4 is 29.6 Å². The van der Waals surface area contributed by atoms with Crippen LogP contribution in [0.3, 0.4) is 0 Å². The van der Waals surface area contributed by atoms with E-state index in [4.69, 9.17) is 16.3 Å². The van der Waals surface area contributed by atoms with E-state index >= 15 is 0 Å². The van der Waals surface area contributed by atoms with Gasteiger partial charge in [0.2, 0.25) is 0 Å². The zero-order valence-electron chi connectivity index (χ0n) is 9.86. The fourth-order valence-corrected chi connectivity index (χ4v) is 1.31. The van der Waals surface area contributed by atoms with E-state index in [0.717, 1.165) is 0 Å². The van der Waals surface area contributed by atoms with Crippen molar-refractivity contribution in [3.05, 3.63) is 28.8 Å². The SMILES string of the molecule is CNC(=O)C(=O)N/N=C\c1cc(Cl)ccc1OC. The predicted octanol–water partition coefficient (Wildman–Crippen LogP) is 0.545. The van der Waals surface area contributed by atoms with Gasteiger partial charge in [-0.15, -0.1) is 0 Å². The van der Waals surface area contributed by atoms with E-state index in [-0.39, 0.29) is 0 Å². The molecule has 0 heterocycles. The molecular weight excluding hydrogens is 258 g/mol. The molecule has 0 aliphatic carbocycles. The summed E-state index contributed by atoms with van der Waals surface area (Å²) in [5, 5.41) is 6.32. The number of halogens is 1. The van der Waals surface area contributed by atoms with Crippen molar-refractivity contribution in [3.63, 3.8) is 0 Å². The van der Waals surface area contributed by atoms with Gasteiger partial charge < -0.3 is 10.1 Å². The number of hydrazone groups is 1. The van der Waals surface area contributed by atoms with Crippen LogP contribution in [-0.4, -0.2) is 32.2 Å². The first-order valence-electron chi connectivity index (χ1n) is 4.97. The van der Waals surface area contributed by atoms with E-state index in [1.807, 2.05) is 0 Å². The Morgan fingerprint density at radius 3 is 2.72 bits per heavy atom. The van der Waals surface area contributed by atoms with Crippen molar-refractivity contribution < 1.29 is 14.3 Å². The lowest BCUT2D eigenvalue weighted by Gasteiger charge is -2.04. The summed E-state index contributed by atoms with van der Waals surface area (Å²) in [7, 11) is 2.86. The van der Waals surface area contributed by atoms with Gasteiger partial charge in [0.1, 0.15) is 5.75 Å². The number of hydrogen-bond acceptors (Lipinski definition) is 4. The van der Waals surface area contributed by atoms with Crippen molar-refractivity contribution in [2.24, 2.45) is 5.10 Å². The standard InChI is InChI=1S/C11H12ClN3O3/c1-13-10(16)11(17)15-14-6-7-5-8(12)3-4-9(7)18-2/h3-6H,1-2H3,(H,13,16)(H,15,17)/b14-6-. The second-order valence-corrected chi connectivity index (χ2v) is 3.60. The lowest BCUT2D eigenvalue weighted by atomic mass is 10.2. The first-order valence-corrected chi connectivity index (χ1v) is 5.35. The van der Waals surface area contributed by atoms with Crippen LogP contribution in [0.1, 0.15) is 5.56 Å². The molecule has 6 nitrogen and oxygen atoms in total. The highest BCUT2D eigenvalue weighted by Gasteiger charge is 2.09. The summed E-state index contributed by atoms with van der Waals surface area (Å²) in [6.45, 7) is 0. The lowest BCUT2D eigenvalue weighted by Crippen LogP contribution is -2.35. The van der Waals surface area contributed by atoms with E-state index in [1.54, 1.807) is 18.2 Å². The molecule has 0 unspecified atom stereocenters. The Hall–Kier alpha value is -2.08. The van der Waals surface area contributed by atoms with Crippen LogP contribution in [0, 0.1) is 0 Å². The number of carbonyl (C=O) groups excluding carboxylic acids is 2. The molecule has 0 aliphatic heterocycles. The van der Waals surface area contributed by atoms with E-state index in [9.17, 15) is 9.59 Å². The minimum atomic E-state index is -0.852. The van der Waals surface area contributed by atoms with Gasteiger partial charge in [-0.25, -0.2) is 5.43 Å². The molecule has 0 fully saturated rings. The Kier molecular flexibility index (Phi) is 5.13. The number of likely N-dealkylation sites (N-methyl/N-ethyl adjacent to an activating group) is 1. The minimum Gasteiger partial charge on any atom is -0.496 e. The average molecular weight is 270 g/mol. The van der Waals surface area contributed by atoms with Gasteiger partial charge in [-0.2, -0.15) is 5.10 Å². The summed E-state index contributed by atoms with van der Waals surface area (Å²) in [6.07, 6.45) is 1.34. The molecule has 0 radical (unpaired) electrons. The molecule has 1 aromatic carbocycles. The van der Waals surface area contributed by atoms with Crippen molar-refractivity contribution in [3.8, 4) is 5.75 Å². The molecule has 0 aromatic heterocycles. The molecule has 0 atom stereocenters. The van der Waals surface area contributed by atoms with Crippen molar-refractivity contribution in [2.75, 3.05) is 14.2 Å². The van der Waals surface area contributed by atoms with Crippen LogP contribution in [0.25, 0.3) is 0 Å². The first kappa shape index (κ1) is 14.0. The normalized spacial score (nSPS) is 10.2. The molecule has 0 aliphatic rings. The molecule has 0 saturated heterocycles. The second-order valence-electron chi connectivity index (χ2n) is 3.16. The average Bonchev–Trinajstić information content (AvgIpc) is 2.38. The number of benzene rings is 1. The zero-order valence-corrected chi connectivity index (χ0v) is 10.6. The maximum absolute atomic E-state index is 11.1. The number of methoxy groups -OCH3 is 1. The summed E-state index contributed by atoms with van der Waals surface area (Å²) in [6, 6.07) is 4.96. The first-order chi connectivity index (χ1) is 8.58. The Balaban J connectivity index is 2.75. The van der Waals surface area contributed by atoms with Crippen LogP contribution in [0.4, 0.5) is 0 Å². The molecule has 0 spiro atoms. The summed E-state index contributed by atoms with van der Waals surface area (Å²) < 4.78 is 5.08. The van der Waals surface area contributed by atoms with E-state index in [2.05, 4.69) is 15.8 Å². The highest BCUT2D eigenvalue weighted by Crippen LogP contribution is 2.20. The molecule has 7 heteroatoms. The van der Waals surface area contributed by atoms with Crippen LogP contribution in [0.15, 0.2) is 23.3 Å². The quantitative estimate of drug-likeness (QED) is 0.478. The third-order valence-corrected chi connectivity index (χ3v) is 2.23. The number of rotatable bonds is 3. The molecular formula is C11H12ClN3O3. The van der Waals surface area contributed by atoms with Gasteiger partial charge in [0, 0.05) is 17.6 Å². The summed E-state index contributed by atoms with van der Waals surface area (Å²) >= 11 is 5.82. The van der Waals surface area contributed by atoms with Crippen molar-refractivity contribution in [2.45, 2.75) is 0 Å². The van der Waals surface area contributed by atoms with Gasteiger partial charge in [-0.05, 0) is 18.2 Å². The maximum atomic E-state index is 11.1. The highest BCUT2D eigenvalue weighted by molar-refractivity contribution is 6.35. The fraction of sp³-hybridized carbons (Fsp3) is 0.182. The van der Waals surface area contributed by atoms with Gasteiger partial charge >= 0.3 is 11.8 Å². The van der Waals surface area contributed by atoms with Crippen LogP contribution in [-0.2, 0) is 9.59 Å². The van der Waals surface area contributed by atoms with Crippen molar-refractivity contribution in [1.82, 2.24) is 10.7 Å². The van der Waals surface area contributed by atoms with Gasteiger partial charge in [0.05, 0.1) is 13.3 Å². The Morgan fingerprint density at radius 1 is 1.39 bits per heavy atom. The minimum absolute atomic E-state index is 0.509. The smallest absolute Gasteiger partial charge is 0.329 e. The van der Waals surface area contributed by atoms with E-state index in [1.165, 1.54) is 20.4 Å². The Morgan fingerprint density at radius 2 is 2.11 bits per heavy atom. The van der Waals surface area contributed by atoms with Gasteiger partial charge in [0.15, 0.2) is 0 Å². The molecule has 0 saturated carbocycles. The number of amides is 2. The molecule has 2 amide bonds. The van der Waals surface area contributed by atoms with Gasteiger partial charge in [-0.3, -0.25) is 9.59 Å². The summed E-state index contributed by atoms with van der Waals surface area (Å²) in [4.78, 5) is 22.0. The largest absolute Gasteiger partial charge is 0.496 e. The number of hydrogen-bond donors (Lipinski definition) is 2. The van der Waals surface area contributed by atoms with E-state index in [0.29, 0.717) is 16.3 Å². The van der Waals surface area contributed by atoms with Gasteiger partial charge in [-0.1, -0.05) is 11.6 Å². The highest BCUT2D eigenvalue weighted by atomic mass is 35.5. The number of ether oxygens (including phenoxy) is 1. The predicted molar refractivity (Wildman–Crippen MR) is 67.8 cm³/mol. The third kappa shape index (κ3) is 3.74. The van der Waals surface area contributed by atoms with Crippen LogP contribution >= 0.6 is 11.6 Å². The number of nitrogens with one attached hydrogen (secondary N) is 2. The Labute approximate surface area is 109 Å². The molecule has 96 valence electrons. The second kappa shape index (κ2) is 6.61. The molecule has 2 N–H and O–H groups in total. The van der Waals surface area contributed by atoms with E-state index < -0.39 is 11.8 Å². The van der Waals surface area contributed by atoms with Crippen molar-refractivity contribution in [1.29, 1.82) is 0 Å². The van der Waals surface area contributed by atoms with Gasteiger partial charge in [0.25, 0.3) is 0 Å². The van der Waals surface area contributed by atoms with Crippen LogP contribution in [0.2, 0.25) is 5.02 Å². The fourth-order valence-electron chi connectivity index (χ4n) is 1.13. The zero-order chi connectivity index (χ0) is 13.5.